The number of morpholine rings is 1. The highest BCUT2D eigenvalue weighted by Gasteiger charge is 2.10. The molecule has 0 aromatic heterocycles. The van der Waals surface area contributed by atoms with Crippen LogP contribution in [0.3, 0.4) is 0 Å². The van der Waals surface area contributed by atoms with E-state index in [1.807, 2.05) is 12.1 Å². The van der Waals surface area contributed by atoms with Gasteiger partial charge in [-0.05, 0) is 24.1 Å². The lowest BCUT2D eigenvalue weighted by Gasteiger charge is -2.28. The van der Waals surface area contributed by atoms with E-state index < -0.39 is 0 Å². The van der Waals surface area contributed by atoms with Crippen molar-refractivity contribution < 1.29 is 14.3 Å². The van der Waals surface area contributed by atoms with Crippen molar-refractivity contribution in [3.63, 3.8) is 0 Å². The first-order valence-electron chi connectivity index (χ1n) is 6.19. The van der Waals surface area contributed by atoms with Crippen LogP contribution in [0.25, 0.3) is 0 Å². The van der Waals surface area contributed by atoms with Crippen molar-refractivity contribution >= 4 is 17.8 Å². The van der Waals surface area contributed by atoms with E-state index in [0.29, 0.717) is 19.1 Å². The molecule has 18 heavy (non-hydrogen) atoms. The Hall–Kier alpha value is -1.68. The number of aryl methyl sites for hydroxylation is 1. The number of nitrogens with zero attached hydrogens (tertiary/aromatic N) is 1. The van der Waals surface area contributed by atoms with Gasteiger partial charge in [0.05, 0.1) is 13.2 Å². The Morgan fingerprint density at radius 2 is 1.89 bits per heavy atom. The summed E-state index contributed by atoms with van der Waals surface area (Å²) in [5.74, 6) is -0.341. The maximum absolute atomic E-state index is 10.9. The zero-order chi connectivity index (χ0) is 12.8. The topological polar surface area (TPSA) is 46.6 Å². The molecule has 2 rings (SSSR count). The lowest BCUT2D eigenvalue weighted by Crippen LogP contribution is -2.36. The van der Waals surface area contributed by atoms with Crippen LogP contribution in [0.1, 0.15) is 12.0 Å². The molecule has 0 bridgehead atoms. The number of hydrogen-bond donors (Lipinski definition) is 0. The normalized spacial score (nSPS) is 15.4. The third kappa shape index (κ3) is 3.40. The third-order valence-electron chi connectivity index (χ3n) is 3.10. The summed E-state index contributed by atoms with van der Waals surface area (Å²) >= 11 is 0. The van der Waals surface area contributed by atoms with Gasteiger partial charge in [0, 0.05) is 25.2 Å². The van der Waals surface area contributed by atoms with Crippen molar-refractivity contribution in [2.24, 2.45) is 0 Å². The largest absolute Gasteiger partial charge is 0.378 e. The molecule has 96 valence electrons. The Balaban J connectivity index is 1.92. The molecule has 0 atom stereocenters. The van der Waals surface area contributed by atoms with Crippen molar-refractivity contribution in [1.29, 1.82) is 0 Å². The SMILES string of the molecule is O=CC(=O)CCc1ccc(N2CCOCC2)cc1. The van der Waals surface area contributed by atoms with E-state index in [1.165, 1.54) is 5.69 Å². The number of hydrogen-bond acceptors (Lipinski definition) is 4. The molecule has 0 unspecified atom stereocenters. The molecule has 0 radical (unpaired) electrons. The first-order chi connectivity index (χ1) is 8.79. The van der Waals surface area contributed by atoms with E-state index in [1.54, 1.807) is 0 Å². The Morgan fingerprint density at radius 1 is 1.22 bits per heavy atom. The van der Waals surface area contributed by atoms with E-state index in [-0.39, 0.29) is 5.78 Å². The van der Waals surface area contributed by atoms with Gasteiger partial charge in [0.1, 0.15) is 0 Å². The van der Waals surface area contributed by atoms with E-state index in [4.69, 9.17) is 4.74 Å². The highest BCUT2D eigenvalue weighted by atomic mass is 16.5. The summed E-state index contributed by atoms with van der Waals surface area (Å²) in [7, 11) is 0. The number of ether oxygens (including phenoxy) is 1. The molecule has 1 aromatic rings. The summed E-state index contributed by atoms with van der Waals surface area (Å²) in [5, 5.41) is 0. The summed E-state index contributed by atoms with van der Waals surface area (Å²) in [4.78, 5) is 23.4. The number of ketones is 1. The monoisotopic (exact) mass is 247 g/mol. The first-order valence-corrected chi connectivity index (χ1v) is 6.19. The fraction of sp³-hybridized carbons (Fsp3) is 0.429. The standard InChI is InChI=1S/C14H17NO3/c16-11-14(17)6-3-12-1-4-13(5-2-12)15-7-9-18-10-8-15/h1-2,4-5,11H,3,6-10H2. The summed E-state index contributed by atoms with van der Waals surface area (Å²) in [6.07, 6.45) is 1.31. The van der Waals surface area contributed by atoms with E-state index in [2.05, 4.69) is 17.0 Å². The molecule has 1 aliphatic heterocycles. The molecule has 4 heteroatoms. The van der Waals surface area contributed by atoms with Crippen molar-refractivity contribution in [2.45, 2.75) is 12.8 Å². The molecule has 0 N–H and O–H groups in total. The summed E-state index contributed by atoms with van der Waals surface area (Å²) in [5.41, 5.74) is 2.27. The zero-order valence-electron chi connectivity index (χ0n) is 10.3. The van der Waals surface area contributed by atoms with E-state index >= 15 is 0 Å². The summed E-state index contributed by atoms with van der Waals surface area (Å²) in [6.45, 7) is 3.39. The van der Waals surface area contributed by atoms with Crippen LogP contribution in [-0.4, -0.2) is 38.4 Å². The van der Waals surface area contributed by atoms with Gasteiger partial charge in [-0.2, -0.15) is 0 Å². The molecule has 1 aliphatic rings. The van der Waals surface area contributed by atoms with Crippen LogP contribution in [0.5, 0.6) is 0 Å². The molecule has 0 spiro atoms. The van der Waals surface area contributed by atoms with Crippen molar-refractivity contribution in [3.05, 3.63) is 29.8 Å². The zero-order valence-corrected chi connectivity index (χ0v) is 10.3. The maximum Gasteiger partial charge on any atom is 0.195 e. The van der Waals surface area contributed by atoms with Gasteiger partial charge in [0.15, 0.2) is 12.1 Å². The van der Waals surface area contributed by atoms with Crippen LogP contribution in [0.4, 0.5) is 5.69 Å². The fourth-order valence-electron chi connectivity index (χ4n) is 2.02. The van der Waals surface area contributed by atoms with Crippen LogP contribution in [0, 0.1) is 0 Å². The van der Waals surface area contributed by atoms with Crippen molar-refractivity contribution in [2.75, 3.05) is 31.2 Å². The van der Waals surface area contributed by atoms with Crippen LogP contribution < -0.4 is 4.90 Å². The molecule has 4 nitrogen and oxygen atoms in total. The average Bonchev–Trinajstić information content (AvgIpc) is 2.46. The molecule has 1 heterocycles. The minimum Gasteiger partial charge on any atom is -0.378 e. The summed E-state index contributed by atoms with van der Waals surface area (Å²) < 4.78 is 5.31. The van der Waals surface area contributed by atoms with E-state index in [0.717, 1.165) is 31.9 Å². The van der Waals surface area contributed by atoms with Gasteiger partial charge in [-0.1, -0.05) is 12.1 Å². The van der Waals surface area contributed by atoms with Crippen LogP contribution in [0.2, 0.25) is 0 Å². The van der Waals surface area contributed by atoms with Gasteiger partial charge < -0.3 is 9.64 Å². The molecule has 0 saturated carbocycles. The van der Waals surface area contributed by atoms with Crippen LogP contribution in [0.15, 0.2) is 24.3 Å². The fourth-order valence-corrected chi connectivity index (χ4v) is 2.02. The Labute approximate surface area is 107 Å². The first kappa shape index (κ1) is 12.8. The number of benzene rings is 1. The summed E-state index contributed by atoms with van der Waals surface area (Å²) in [6, 6.07) is 8.16. The van der Waals surface area contributed by atoms with Gasteiger partial charge in [-0.25, -0.2) is 0 Å². The third-order valence-corrected chi connectivity index (χ3v) is 3.10. The number of carbonyl (C=O) groups excluding carboxylic acids is 2. The molecule has 1 saturated heterocycles. The highest BCUT2D eigenvalue weighted by molar-refractivity contribution is 6.24. The molecular weight excluding hydrogens is 230 g/mol. The van der Waals surface area contributed by atoms with Gasteiger partial charge in [-0.3, -0.25) is 9.59 Å². The number of aldehydes is 1. The van der Waals surface area contributed by atoms with Crippen LogP contribution in [-0.2, 0) is 20.7 Å². The quantitative estimate of drug-likeness (QED) is 0.580. The van der Waals surface area contributed by atoms with Gasteiger partial charge in [0.2, 0.25) is 0 Å². The Bertz CT molecular complexity index is 408. The Morgan fingerprint density at radius 3 is 2.50 bits per heavy atom. The van der Waals surface area contributed by atoms with Crippen molar-refractivity contribution in [3.8, 4) is 0 Å². The van der Waals surface area contributed by atoms with Gasteiger partial charge in [0.25, 0.3) is 0 Å². The second-order valence-corrected chi connectivity index (χ2v) is 4.35. The lowest BCUT2D eigenvalue weighted by molar-refractivity contribution is -0.129. The molecule has 0 amide bonds. The Kier molecular flexibility index (Phi) is 4.47. The lowest BCUT2D eigenvalue weighted by atomic mass is 10.1. The number of Topliss-reactive ketones (excluding diaryl/α,β-unsaturated/α-hetero) is 1. The molecule has 1 aromatic carbocycles. The average molecular weight is 247 g/mol. The minimum atomic E-state index is -0.341. The second-order valence-electron chi connectivity index (χ2n) is 4.35. The van der Waals surface area contributed by atoms with E-state index in [9.17, 15) is 9.59 Å². The highest BCUT2D eigenvalue weighted by Crippen LogP contribution is 2.17. The number of carbonyl (C=O) groups is 2. The molecule has 0 aliphatic carbocycles. The van der Waals surface area contributed by atoms with Gasteiger partial charge in [-0.15, -0.1) is 0 Å². The molecular formula is C14H17NO3. The maximum atomic E-state index is 10.9. The smallest absolute Gasteiger partial charge is 0.195 e. The van der Waals surface area contributed by atoms with Crippen molar-refractivity contribution in [1.82, 2.24) is 0 Å². The predicted octanol–water partition coefficient (Wildman–Crippen LogP) is 1.22. The van der Waals surface area contributed by atoms with Crippen LogP contribution >= 0.6 is 0 Å². The predicted molar refractivity (Wildman–Crippen MR) is 68.9 cm³/mol. The van der Waals surface area contributed by atoms with Gasteiger partial charge >= 0.3 is 0 Å². The second kappa shape index (κ2) is 6.31. The molecule has 1 fully saturated rings. The number of rotatable bonds is 5. The minimum absolute atomic E-state index is 0.292. The number of anilines is 1.